The summed E-state index contributed by atoms with van der Waals surface area (Å²) in [6.45, 7) is 7.78. The van der Waals surface area contributed by atoms with Crippen molar-refractivity contribution >= 4 is 0 Å². The number of hydrogen-bond acceptors (Lipinski definition) is 1. The van der Waals surface area contributed by atoms with Crippen LogP contribution in [0.5, 0.6) is 0 Å². The molecule has 2 heteroatoms. The number of rotatable bonds is 5. The second kappa shape index (κ2) is 6.67. The fourth-order valence-electron chi connectivity index (χ4n) is 2.19. The highest BCUT2D eigenvalue weighted by Crippen LogP contribution is 2.15. The topological polar surface area (TPSA) is 12.0 Å². The summed E-state index contributed by atoms with van der Waals surface area (Å²) < 4.78 is 13.2. The predicted octanol–water partition coefficient (Wildman–Crippen LogP) is 4.55. The molecule has 0 atom stereocenters. The Balaban J connectivity index is 1.87. The average Bonchev–Trinajstić information content (AvgIpc) is 2.43. The molecule has 2 aromatic rings. The molecule has 106 valence electrons. The molecule has 0 saturated heterocycles. The zero-order valence-corrected chi connectivity index (χ0v) is 12.4. The Hall–Kier alpha value is -1.67. The quantitative estimate of drug-likeness (QED) is 0.841. The molecule has 20 heavy (non-hydrogen) atoms. The average molecular weight is 271 g/mol. The molecule has 0 radical (unpaired) electrons. The first-order chi connectivity index (χ1) is 9.56. The van der Waals surface area contributed by atoms with E-state index in [1.807, 2.05) is 12.1 Å². The predicted molar refractivity (Wildman–Crippen MR) is 82.2 cm³/mol. The van der Waals surface area contributed by atoms with Gasteiger partial charge in [0.1, 0.15) is 5.82 Å². The molecule has 2 rings (SSSR count). The molecular weight excluding hydrogens is 249 g/mol. The summed E-state index contributed by atoms with van der Waals surface area (Å²) in [5.74, 6) is 0.428. The van der Waals surface area contributed by atoms with E-state index < -0.39 is 0 Å². The van der Waals surface area contributed by atoms with Crippen molar-refractivity contribution in [2.24, 2.45) is 0 Å². The zero-order chi connectivity index (χ0) is 14.5. The fourth-order valence-corrected chi connectivity index (χ4v) is 2.19. The largest absolute Gasteiger partial charge is 0.309 e. The molecule has 0 aliphatic heterocycles. The van der Waals surface area contributed by atoms with E-state index in [0.29, 0.717) is 11.5 Å². The fraction of sp³-hybridized carbons (Fsp3) is 0.333. The molecule has 0 fully saturated rings. The van der Waals surface area contributed by atoms with Gasteiger partial charge in [-0.05, 0) is 41.2 Å². The van der Waals surface area contributed by atoms with Gasteiger partial charge >= 0.3 is 0 Å². The molecule has 1 nitrogen and oxygen atoms in total. The molecule has 0 amide bonds. The lowest BCUT2D eigenvalue weighted by atomic mass is 10.0. The van der Waals surface area contributed by atoms with Crippen molar-refractivity contribution in [3.8, 4) is 0 Å². The lowest BCUT2D eigenvalue weighted by molar-refractivity contribution is 0.615. The van der Waals surface area contributed by atoms with E-state index in [2.05, 4.69) is 43.4 Å². The highest BCUT2D eigenvalue weighted by molar-refractivity contribution is 5.26. The maximum atomic E-state index is 13.2. The van der Waals surface area contributed by atoms with E-state index in [0.717, 1.165) is 18.7 Å². The standard InChI is InChI=1S/C18H22FN/c1-13(2)17-7-4-15(5-8-17)11-20-12-16-6-9-18(19)14(3)10-16/h4-10,13,20H,11-12H2,1-3H3. The van der Waals surface area contributed by atoms with E-state index in [9.17, 15) is 4.39 Å². The maximum absolute atomic E-state index is 13.2. The zero-order valence-electron chi connectivity index (χ0n) is 12.4. The van der Waals surface area contributed by atoms with Gasteiger partial charge in [-0.25, -0.2) is 4.39 Å². The van der Waals surface area contributed by atoms with Crippen molar-refractivity contribution in [3.05, 3.63) is 70.5 Å². The number of halogens is 1. The Morgan fingerprint density at radius 3 is 2.15 bits per heavy atom. The van der Waals surface area contributed by atoms with E-state index in [-0.39, 0.29) is 5.82 Å². The van der Waals surface area contributed by atoms with Crippen LogP contribution in [0.25, 0.3) is 0 Å². The second-order valence-corrected chi connectivity index (χ2v) is 5.58. The number of benzene rings is 2. The van der Waals surface area contributed by atoms with Crippen LogP contribution in [0.3, 0.4) is 0 Å². The number of nitrogens with one attached hydrogen (secondary N) is 1. The van der Waals surface area contributed by atoms with Crippen LogP contribution < -0.4 is 5.32 Å². The third-order valence-corrected chi connectivity index (χ3v) is 3.53. The van der Waals surface area contributed by atoms with Crippen molar-refractivity contribution < 1.29 is 4.39 Å². The Labute approximate surface area is 120 Å². The third kappa shape index (κ3) is 3.91. The Morgan fingerprint density at radius 2 is 1.55 bits per heavy atom. The van der Waals surface area contributed by atoms with Gasteiger partial charge in [0.25, 0.3) is 0 Å². The van der Waals surface area contributed by atoms with E-state index in [1.165, 1.54) is 17.2 Å². The van der Waals surface area contributed by atoms with Gasteiger partial charge in [-0.15, -0.1) is 0 Å². The Kier molecular flexibility index (Phi) is 4.91. The van der Waals surface area contributed by atoms with E-state index in [1.54, 1.807) is 6.92 Å². The van der Waals surface area contributed by atoms with Gasteiger partial charge in [0.2, 0.25) is 0 Å². The first-order valence-corrected chi connectivity index (χ1v) is 7.11. The highest BCUT2D eigenvalue weighted by Gasteiger charge is 2.01. The normalized spacial score (nSPS) is 11.1. The van der Waals surface area contributed by atoms with E-state index >= 15 is 0 Å². The van der Waals surface area contributed by atoms with Gasteiger partial charge in [-0.1, -0.05) is 50.2 Å². The van der Waals surface area contributed by atoms with Crippen molar-refractivity contribution in [1.29, 1.82) is 0 Å². The van der Waals surface area contributed by atoms with Crippen LogP contribution in [0.4, 0.5) is 4.39 Å². The number of aryl methyl sites for hydroxylation is 1. The second-order valence-electron chi connectivity index (χ2n) is 5.58. The Morgan fingerprint density at radius 1 is 0.950 bits per heavy atom. The minimum absolute atomic E-state index is 0.141. The lowest BCUT2D eigenvalue weighted by Gasteiger charge is -2.09. The first kappa shape index (κ1) is 14.7. The maximum Gasteiger partial charge on any atom is 0.126 e. The molecule has 0 aromatic heterocycles. The smallest absolute Gasteiger partial charge is 0.126 e. The SMILES string of the molecule is Cc1cc(CNCc2ccc(C(C)C)cc2)ccc1F. The summed E-state index contributed by atoms with van der Waals surface area (Å²) in [5, 5.41) is 3.39. The summed E-state index contributed by atoms with van der Waals surface area (Å²) in [4.78, 5) is 0. The van der Waals surface area contributed by atoms with Gasteiger partial charge in [0.15, 0.2) is 0 Å². The van der Waals surface area contributed by atoms with E-state index in [4.69, 9.17) is 0 Å². The van der Waals surface area contributed by atoms with Crippen molar-refractivity contribution in [2.45, 2.75) is 39.8 Å². The van der Waals surface area contributed by atoms with Gasteiger partial charge in [-0.2, -0.15) is 0 Å². The molecular formula is C18H22FN. The molecule has 0 aliphatic carbocycles. The minimum Gasteiger partial charge on any atom is -0.309 e. The van der Waals surface area contributed by atoms with Crippen molar-refractivity contribution in [2.75, 3.05) is 0 Å². The molecule has 2 aromatic carbocycles. The van der Waals surface area contributed by atoms with Gasteiger partial charge in [-0.3, -0.25) is 0 Å². The highest BCUT2D eigenvalue weighted by atomic mass is 19.1. The van der Waals surface area contributed by atoms with Crippen LogP contribution in [0, 0.1) is 12.7 Å². The van der Waals surface area contributed by atoms with Crippen LogP contribution in [0.2, 0.25) is 0 Å². The van der Waals surface area contributed by atoms with Crippen LogP contribution in [0.1, 0.15) is 42.0 Å². The molecule has 0 aliphatic rings. The Bertz CT molecular complexity index is 558. The van der Waals surface area contributed by atoms with Crippen LogP contribution in [0.15, 0.2) is 42.5 Å². The number of hydrogen-bond donors (Lipinski definition) is 1. The van der Waals surface area contributed by atoms with Crippen molar-refractivity contribution in [1.82, 2.24) is 5.32 Å². The summed E-state index contributed by atoms with van der Waals surface area (Å²) in [6.07, 6.45) is 0. The van der Waals surface area contributed by atoms with Crippen LogP contribution >= 0.6 is 0 Å². The monoisotopic (exact) mass is 271 g/mol. The first-order valence-electron chi connectivity index (χ1n) is 7.11. The summed E-state index contributed by atoms with van der Waals surface area (Å²) in [7, 11) is 0. The summed E-state index contributed by atoms with van der Waals surface area (Å²) in [6, 6.07) is 14.0. The van der Waals surface area contributed by atoms with Gasteiger partial charge < -0.3 is 5.32 Å². The molecule has 1 N–H and O–H groups in total. The third-order valence-electron chi connectivity index (χ3n) is 3.53. The summed E-state index contributed by atoms with van der Waals surface area (Å²) >= 11 is 0. The molecule has 0 heterocycles. The molecule has 0 spiro atoms. The minimum atomic E-state index is -0.141. The van der Waals surface area contributed by atoms with Crippen molar-refractivity contribution in [3.63, 3.8) is 0 Å². The van der Waals surface area contributed by atoms with Crippen LogP contribution in [-0.4, -0.2) is 0 Å². The van der Waals surface area contributed by atoms with Crippen LogP contribution in [-0.2, 0) is 13.1 Å². The molecule has 0 unspecified atom stereocenters. The molecule has 0 saturated carbocycles. The van der Waals surface area contributed by atoms with Gasteiger partial charge in [0, 0.05) is 13.1 Å². The molecule has 0 bridgehead atoms. The summed E-state index contributed by atoms with van der Waals surface area (Å²) in [5.41, 5.74) is 4.45. The van der Waals surface area contributed by atoms with Gasteiger partial charge in [0.05, 0.1) is 0 Å². The lowest BCUT2D eigenvalue weighted by Crippen LogP contribution is -2.12.